The Morgan fingerprint density at radius 3 is 2.81 bits per heavy atom. The lowest BCUT2D eigenvalue weighted by atomic mass is 10.2. The first-order valence-corrected chi connectivity index (χ1v) is 7.52. The van der Waals surface area contributed by atoms with Crippen LogP contribution in [0.3, 0.4) is 0 Å². The molecular formula is C12H17BrO2S. The quantitative estimate of drug-likeness (QED) is 0.565. The summed E-state index contributed by atoms with van der Waals surface area (Å²) in [4.78, 5) is 0. The molecule has 1 rings (SSSR count). The first-order valence-electron chi connectivity index (χ1n) is 5.25. The normalized spacial score (nSPS) is 10.2. The summed E-state index contributed by atoms with van der Waals surface area (Å²) in [6, 6.07) is 5.89. The SMILES string of the molecule is CCSCCOc1ccc(OC)cc1CBr. The molecule has 0 fully saturated rings. The van der Waals surface area contributed by atoms with Gasteiger partial charge in [-0.1, -0.05) is 22.9 Å². The molecular weight excluding hydrogens is 288 g/mol. The number of thioether (sulfide) groups is 1. The van der Waals surface area contributed by atoms with Crippen LogP contribution in [0.4, 0.5) is 0 Å². The second-order valence-electron chi connectivity index (χ2n) is 3.15. The van der Waals surface area contributed by atoms with Gasteiger partial charge in [0.05, 0.1) is 13.7 Å². The molecule has 0 aliphatic heterocycles. The van der Waals surface area contributed by atoms with E-state index in [1.54, 1.807) is 7.11 Å². The van der Waals surface area contributed by atoms with Gasteiger partial charge in [0.1, 0.15) is 11.5 Å². The largest absolute Gasteiger partial charge is 0.497 e. The van der Waals surface area contributed by atoms with E-state index in [0.29, 0.717) is 0 Å². The third kappa shape index (κ3) is 4.26. The maximum Gasteiger partial charge on any atom is 0.123 e. The van der Waals surface area contributed by atoms with Gasteiger partial charge >= 0.3 is 0 Å². The summed E-state index contributed by atoms with van der Waals surface area (Å²) < 4.78 is 10.9. The summed E-state index contributed by atoms with van der Waals surface area (Å²) in [6.45, 7) is 2.91. The van der Waals surface area contributed by atoms with E-state index in [-0.39, 0.29) is 0 Å². The molecule has 0 aliphatic carbocycles. The second-order valence-corrected chi connectivity index (χ2v) is 5.11. The highest BCUT2D eigenvalue weighted by Crippen LogP contribution is 2.26. The van der Waals surface area contributed by atoms with Gasteiger partial charge in [0.2, 0.25) is 0 Å². The standard InChI is InChI=1S/C12H17BrO2S/c1-3-16-7-6-15-12-5-4-11(14-2)8-10(12)9-13/h4-5,8H,3,6-7,9H2,1-2H3. The lowest BCUT2D eigenvalue weighted by molar-refractivity contribution is 0.340. The second kappa shape index (κ2) is 7.85. The van der Waals surface area contributed by atoms with Crippen LogP contribution in [0.25, 0.3) is 0 Å². The molecule has 0 radical (unpaired) electrons. The maximum absolute atomic E-state index is 5.72. The molecule has 2 nitrogen and oxygen atoms in total. The van der Waals surface area contributed by atoms with Crippen LogP contribution in [0.1, 0.15) is 12.5 Å². The van der Waals surface area contributed by atoms with Gasteiger partial charge < -0.3 is 9.47 Å². The molecule has 0 aliphatic rings. The van der Waals surface area contributed by atoms with Gasteiger partial charge in [-0.25, -0.2) is 0 Å². The van der Waals surface area contributed by atoms with Crippen LogP contribution in [0.2, 0.25) is 0 Å². The monoisotopic (exact) mass is 304 g/mol. The average molecular weight is 305 g/mol. The molecule has 16 heavy (non-hydrogen) atoms. The molecule has 0 heterocycles. The predicted octanol–water partition coefficient (Wildman–Crippen LogP) is 3.72. The fourth-order valence-electron chi connectivity index (χ4n) is 1.28. The zero-order valence-corrected chi connectivity index (χ0v) is 12.1. The maximum atomic E-state index is 5.72. The minimum atomic E-state index is 0.755. The summed E-state index contributed by atoms with van der Waals surface area (Å²) in [6.07, 6.45) is 0. The van der Waals surface area contributed by atoms with Crippen LogP contribution >= 0.6 is 27.7 Å². The molecule has 1 aromatic carbocycles. The van der Waals surface area contributed by atoms with Crippen molar-refractivity contribution < 1.29 is 9.47 Å². The first-order chi connectivity index (χ1) is 7.81. The number of ether oxygens (including phenoxy) is 2. The number of methoxy groups -OCH3 is 1. The third-order valence-electron chi connectivity index (χ3n) is 2.10. The zero-order valence-electron chi connectivity index (χ0n) is 9.66. The Morgan fingerprint density at radius 2 is 2.19 bits per heavy atom. The Kier molecular flexibility index (Phi) is 6.73. The van der Waals surface area contributed by atoms with E-state index in [1.165, 1.54) is 0 Å². The third-order valence-corrected chi connectivity index (χ3v) is 3.57. The first kappa shape index (κ1) is 13.7. The Morgan fingerprint density at radius 1 is 1.38 bits per heavy atom. The molecule has 1 aromatic rings. The van der Waals surface area contributed by atoms with Gasteiger partial charge in [-0.2, -0.15) is 11.8 Å². The highest BCUT2D eigenvalue weighted by atomic mass is 79.9. The van der Waals surface area contributed by atoms with Crippen molar-refractivity contribution >= 4 is 27.7 Å². The van der Waals surface area contributed by atoms with Crippen molar-refractivity contribution in [2.24, 2.45) is 0 Å². The van der Waals surface area contributed by atoms with E-state index in [9.17, 15) is 0 Å². The predicted molar refractivity (Wildman–Crippen MR) is 74.1 cm³/mol. The number of halogens is 1. The van der Waals surface area contributed by atoms with E-state index in [1.807, 2.05) is 30.0 Å². The van der Waals surface area contributed by atoms with Gasteiger partial charge in [0, 0.05) is 16.6 Å². The number of alkyl halides is 1. The molecule has 0 amide bonds. The molecule has 0 saturated carbocycles. The Labute approximate surface area is 110 Å². The fraction of sp³-hybridized carbons (Fsp3) is 0.500. The molecule has 0 bridgehead atoms. The van der Waals surface area contributed by atoms with E-state index in [0.717, 1.165) is 40.5 Å². The number of rotatable bonds is 7. The van der Waals surface area contributed by atoms with E-state index in [2.05, 4.69) is 22.9 Å². The average Bonchev–Trinajstić information content (AvgIpc) is 2.34. The molecule has 0 spiro atoms. The van der Waals surface area contributed by atoms with Crippen molar-refractivity contribution in [1.29, 1.82) is 0 Å². The summed E-state index contributed by atoms with van der Waals surface area (Å²) in [5.41, 5.74) is 1.13. The fourth-order valence-corrected chi connectivity index (χ4v) is 2.21. The van der Waals surface area contributed by atoms with Gasteiger partial charge in [0.15, 0.2) is 0 Å². The molecule has 0 unspecified atom stereocenters. The topological polar surface area (TPSA) is 18.5 Å². The molecule has 0 N–H and O–H groups in total. The number of hydrogen-bond donors (Lipinski definition) is 0. The van der Waals surface area contributed by atoms with Crippen LogP contribution in [-0.4, -0.2) is 25.2 Å². The van der Waals surface area contributed by atoms with Crippen molar-refractivity contribution in [2.75, 3.05) is 25.2 Å². The molecule has 0 atom stereocenters. The lowest BCUT2D eigenvalue weighted by Gasteiger charge is -2.11. The van der Waals surface area contributed by atoms with Crippen molar-refractivity contribution in [3.8, 4) is 11.5 Å². The van der Waals surface area contributed by atoms with Crippen molar-refractivity contribution in [3.63, 3.8) is 0 Å². The van der Waals surface area contributed by atoms with Crippen LogP contribution < -0.4 is 9.47 Å². The summed E-state index contributed by atoms with van der Waals surface area (Å²) in [7, 11) is 1.67. The van der Waals surface area contributed by atoms with Crippen molar-refractivity contribution in [2.45, 2.75) is 12.3 Å². The Balaban J connectivity index is 2.57. The van der Waals surface area contributed by atoms with Gasteiger partial charge in [-0.3, -0.25) is 0 Å². The van der Waals surface area contributed by atoms with Crippen LogP contribution in [0.5, 0.6) is 11.5 Å². The van der Waals surface area contributed by atoms with Crippen molar-refractivity contribution in [1.82, 2.24) is 0 Å². The number of hydrogen-bond acceptors (Lipinski definition) is 3. The summed E-state index contributed by atoms with van der Waals surface area (Å²) >= 11 is 5.34. The van der Waals surface area contributed by atoms with Crippen molar-refractivity contribution in [3.05, 3.63) is 23.8 Å². The minimum absolute atomic E-state index is 0.755. The minimum Gasteiger partial charge on any atom is -0.497 e. The van der Waals surface area contributed by atoms with E-state index in [4.69, 9.17) is 9.47 Å². The Bertz CT molecular complexity index is 318. The summed E-state index contributed by atoms with van der Waals surface area (Å²) in [5, 5.41) is 0.778. The van der Waals surface area contributed by atoms with Crippen LogP contribution in [0.15, 0.2) is 18.2 Å². The highest BCUT2D eigenvalue weighted by Gasteiger charge is 2.04. The smallest absolute Gasteiger partial charge is 0.123 e. The molecule has 0 saturated heterocycles. The van der Waals surface area contributed by atoms with Gasteiger partial charge in [-0.15, -0.1) is 0 Å². The Hall–Kier alpha value is -0.350. The molecule has 90 valence electrons. The van der Waals surface area contributed by atoms with Gasteiger partial charge in [0.25, 0.3) is 0 Å². The van der Waals surface area contributed by atoms with Crippen LogP contribution in [0, 0.1) is 0 Å². The van der Waals surface area contributed by atoms with Crippen LogP contribution in [-0.2, 0) is 5.33 Å². The summed E-state index contributed by atoms with van der Waals surface area (Å²) in [5.74, 6) is 3.97. The molecule has 0 aromatic heterocycles. The highest BCUT2D eigenvalue weighted by molar-refractivity contribution is 9.08. The zero-order chi connectivity index (χ0) is 11.8. The van der Waals surface area contributed by atoms with E-state index < -0.39 is 0 Å². The number of benzene rings is 1. The van der Waals surface area contributed by atoms with E-state index >= 15 is 0 Å². The molecule has 4 heteroatoms. The lowest BCUT2D eigenvalue weighted by Crippen LogP contribution is -2.02. The van der Waals surface area contributed by atoms with Gasteiger partial charge in [-0.05, 0) is 24.0 Å².